The van der Waals surface area contributed by atoms with Crippen LogP contribution in [-0.4, -0.2) is 27.3 Å². The highest BCUT2D eigenvalue weighted by molar-refractivity contribution is 5.87. The van der Waals surface area contributed by atoms with Gasteiger partial charge in [-0.05, 0) is 45.7 Å². The first kappa shape index (κ1) is 13.8. The molecule has 1 atom stereocenters. The summed E-state index contributed by atoms with van der Waals surface area (Å²) in [6, 6.07) is 3.01. The topological polar surface area (TPSA) is 68.5 Å². The normalized spacial score (nSPS) is 21.5. The van der Waals surface area contributed by atoms with Gasteiger partial charge in [0.05, 0.1) is 18.2 Å². The zero-order valence-corrected chi connectivity index (χ0v) is 11.5. The molecule has 5 nitrogen and oxygen atoms in total. The molecule has 0 aromatic carbocycles. The summed E-state index contributed by atoms with van der Waals surface area (Å²) in [5, 5.41) is 8.98. The van der Waals surface area contributed by atoms with E-state index in [0.717, 1.165) is 18.5 Å². The number of aromatic carboxylic acids is 1. The second-order valence-electron chi connectivity index (χ2n) is 5.65. The second kappa shape index (κ2) is 4.81. The van der Waals surface area contributed by atoms with Crippen LogP contribution in [0.1, 0.15) is 42.7 Å². The Balaban J connectivity index is 2.28. The Morgan fingerprint density at radius 2 is 2.21 bits per heavy atom. The van der Waals surface area contributed by atoms with E-state index in [0.29, 0.717) is 6.54 Å². The average Bonchev–Trinajstić information content (AvgIpc) is 2.63. The van der Waals surface area contributed by atoms with E-state index in [1.54, 1.807) is 13.0 Å². The predicted octanol–water partition coefficient (Wildman–Crippen LogP) is 1.81. The van der Waals surface area contributed by atoms with Crippen molar-refractivity contribution in [2.45, 2.75) is 51.9 Å². The van der Waals surface area contributed by atoms with Crippen molar-refractivity contribution in [1.82, 2.24) is 4.57 Å². The van der Waals surface area contributed by atoms with Crippen LogP contribution in [0, 0.1) is 6.92 Å². The zero-order chi connectivity index (χ0) is 14.2. The summed E-state index contributed by atoms with van der Waals surface area (Å²) in [6.07, 6.45) is 1.80. The molecule has 0 spiro atoms. The quantitative estimate of drug-likeness (QED) is 0.905. The molecule has 0 radical (unpaired) electrons. The van der Waals surface area contributed by atoms with E-state index < -0.39 is 11.5 Å². The van der Waals surface area contributed by atoms with Crippen molar-refractivity contribution < 1.29 is 14.6 Å². The maximum Gasteiger partial charge on any atom is 0.341 e. The predicted molar refractivity (Wildman–Crippen MR) is 70.6 cm³/mol. The molecule has 0 bridgehead atoms. The molecule has 1 N–H and O–H groups in total. The molecule has 2 rings (SSSR count). The molecule has 1 aliphatic heterocycles. The third kappa shape index (κ3) is 2.87. The lowest BCUT2D eigenvalue weighted by molar-refractivity contribution is -0.0223. The highest BCUT2D eigenvalue weighted by atomic mass is 16.5. The van der Waals surface area contributed by atoms with Gasteiger partial charge in [0.2, 0.25) is 0 Å². The molecule has 1 aromatic rings. The van der Waals surface area contributed by atoms with E-state index in [4.69, 9.17) is 9.84 Å². The molecule has 1 saturated heterocycles. The summed E-state index contributed by atoms with van der Waals surface area (Å²) in [6.45, 7) is 6.26. The van der Waals surface area contributed by atoms with Crippen LogP contribution < -0.4 is 5.56 Å². The first-order chi connectivity index (χ1) is 8.80. The van der Waals surface area contributed by atoms with Gasteiger partial charge in [-0.2, -0.15) is 0 Å². The Kier molecular flexibility index (Phi) is 3.49. The van der Waals surface area contributed by atoms with Crippen LogP contribution >= 0.6 is 0 Å². The third-order valence-electron chi connectivity index (χ3n) is 3.56. The van der Waals surface area contributed by atoms with Crippen molar-refractivity contribution in [2.24, 2.45) is 0 Å². The van der Waals surface area contributed by atoms with Crippen LogP contribution in [0.3, 0.4) is 0 Å². The summed E-state index contributed by atoms with van der Waals surface area (Å²) in [7, 11) is 0. The molecule has 1 unspecified atom stereocenters. The molecule has 5 heteroatoms. The van der Waals surface area contributed by atoms with Gasteiger partial charge in [-0.15, -0.1) is 0 Å². The highest BCUT2D eigenvalue weighted by Gasteiger charge is 2.32. The molecule has 1 aliphatic rings. The van der Waals surface area contributed by atoms with Crippen LogP contribution in [-0.2, 0) is 11.3 Å². The maximum atomic E-state index is 12.1. The lowest BCUT2D eigenvalue weighted by Gasteiger charge is -2.20. The van der Waals surface area contributed by atoms with Crippen molar-refractivity contribution in [3.63, 3.8) is 0 Å². The number of ether oxygens (including phenoxy) is 1. The van der Waals surface area contributed by atoms with Crippen molar-refractivity contribution in [2.75, 3.05) is 0 Å². The molecule has 104 valence electrons. The average molecular weight is 265 g/mol. The number of carboxylic acid groups (broad SMARTS) is 1. The number of carboxylic acids is 1. The van der Waals surface area contributed by atoms with Crippen LogP contribution in [0.2, 0.25) is 0 Å². The number of hydrogen-bond donors (Lipinski definition) is 1. The highest BCUT2D eigenvalue weighted by Crippen LogP contribution is 2.30. The van der Waals surface area contributed by atoms with Gasteiger partial charge in [0.1, 0.15) is 5.56 Å². The van der Waals surface area contributed by atoms with E-state index in [1.165, 1.54) is 10.6 Å². The van der Waals surface area contributed by atoms with Gasteiger partial charge >= 0.3 is 5.97 Å². The Hall–Kier alpha value is -1.62. The largest absolute Gasteiger partial charge is 0.477 e. The van der Waals surface area contributed by atoms with E-state index >= 15 is 0 Å². The fraction of sp³-hybridized carbons (Fsp3) is 0.571. The molecule has 0 amide bonds. The zero-order valence-electron chi connectivity index (χ0n) is 11.5. The van der Waals surface area contributed by atoms with Gasteiger partial charge in [-0.1, -0.05) is 0 Å². The molecule has 1 aromatic heterocycles. The van der Waals surface area contributed by atoms with E-state index in [-0.39, 0.29) is 17.3 Å². The SMILES string of the molecule is Cc1ccc(C(=O)O)c(=O)n1CC1CCC(C)(C)O1. The molecule has 0 aliphatic carbocycles. The summed E-state index contributed by atoms with van der Waals surface area (Å²) in [5.74, 6) is -1.19. The van der Waals surface area contributed by atoms with Gasteiger partial charge < -0.3 is 14.4 Å². The molecular weight excluding hydrogens is 246 g/mol. The second-order valence-corrected chi connectivity index (χ2v) is 5.65. The fourth-order valence-corrected chi connectivity index (χ4v) is 2.47. The van der Waals surface area contributed by atoms with Crippen molar-refractivity contribution >= 4 is 5.97 Å². The first-order valence-electron chi connectivity index (χ1n) is 6.42. The molecule has 1 fully saturated rings. The van der Waals surface area contributed by atoms with Crippen LogP contribution in [0.25, 0.3) is 0 Å². The van der Waals surface area contributed by atoms with Gasteiger partial charge in [-0.25, -0.2) is 4.79 Å². The van der Waals surface area contributed by atoms with E-state index in [2.05, 4.69) is 0 Å². The Morgan fingerprint density at radius 1 is 1.53 bits per heavy atom. The lowest BCUT2D eigenvalue weighted by Crippen LogP contribution is -2.32. The maximum absolute atomic E-state index is 12.1. The third-order valence-corrected chi connectivity index (χ3v) is 3.56. The minimum Gasteiger partial charge on any atom is -0.477 e. The number of aryl methyl sites for hydroxylation is 1. The Morgan fingerprint density at radius 3 is 2.74 bits per heavy atom. The Labute approximate surface area is 111 Å². The van der Waals surface area contributed by atoms with Gasteiger partial charge in [0.15, 0.2) is 0 Å². The van der Waals surface area contributed by atoms with Gasteiger partial charge in [-0.3, -0.25) is 4.79 Å². The smallest absolute Gasteiger partial charge is 0.341 e. The summed E-state index contributed by atoms with van der Waals surface area (Å²) < 4.78 is 7.35. The number of carbonyl (C=O) groups is 1. The monoisotopic (exact) mass is 265 g/mol. The number of hydrogen-bond acceptors (Lipinski definition) is 3. The Bertz CT molecular complexity index is 559. The summed E-state index contributed by atoms with van der Waals surface area (Å²) in [4.78, 5) is 23.1. The minimum atomic E-state index is -1.19. The number of pyridine rings is 1. The molecule has 19 heavy (non-hydrogen) atoms. The van der Waals surface area contributed by atoms with Crippen LogP contribution in [0.5, 0.6) is 0 Å². The molecule has 0 saturated carbocycles. The summed E-state index contributed by atoms with van der Waals surface area (Å²) in [5.41, 5.74) is -0.0565. The standard InChI is InChI=1S/C14H19NO4/c1-9-4-5-11(13(17)18)12(16)15(9)8-10-6-7-14(2,3)19-10/h4-5,10H,6-8H2,1-3H3,(H,17,18). The molecular formula is C14H19NO4. The van der Waals surface area contributed by atoms with E-state index in [9.17, 15) is 9.59 Å². The lowest BCUT2D eigenvalue weighted by atomic mass is 10.1. The van der Waals surface area contributed by atoms with Gasteiger partial charge in [0, 0.05) is 5.69 Å². The number of aromatic nitrogens is 1. The molecule has 2 heterocycles. The fourth-order valence-electron chi connectivity index (χ4n) is 2.47. The summed E-state index contributed by atoms with van der Waals surface area (Å²) >= 11 is 0. The number of rotatable bonds is 3. The van der Waals surface area contributed by atoms with Crippen LogP contribution in [0.4, 0.5) is 0 Å². The van der Waals surface area contributed by atoms with Crippen molar-refractivity contribution in [3.8, 4) is 0 Å². The van der Waals surface area contributed by atoms with Crippen molar-refractivity contribution in [3.05, 3.63) is 33.7 Å². The van der Waals surface area contributed by atoms with Crippen LogP contribution in [0.15, 0.2) is 16.9 Å². The number of nitrogens with zero attached hydrogens (tertiary/aromatic N) is 1. The van der Waals surface area contributed by atoms with E-state index in [1.807, 2.05) is 13.8 Å². The van der Waals surface area contributed by atoms with Gasteiger partial charge in [0.25, 0.3) is 5.56 Å². The first-order valence-corrected chi connectivity index (χ1v) is 6.42. The minimum absolute atomic E-state index is 0.0320. The van der Waals surface area contributed by atoms with Crippen molar-refractivity contribution in [1.29, 1.82) is 0 Å².